The summed E-state index contributed by atoms with van der Waals surface area (Å²) in [5, 5.41) is 2.87. The summed E-state index contributed by atoms with van der Waals surface area (Å²) in [5.74, 6) is 0.535. The summed E-state index contributed by atoms with van der Waals surface area (Å²) < 4.78 is 5.44. The zero-order chi connectivity index (χ0) is 15.2. The molecule has 0 saturated carbocycles. The minimum Gasteiger partial charge on any atom is -0.484 e. The van der Waals surface area contributed by atoms with E-state index in [0.717, 1.165) is 25.1 Å². The molecule has 6 heteroatoms. The highest BCUT2D eigenvalue weighted by atomic mass is 16.5. The average Bonchev–Trinajstić information content (AvgIpc) is 2.41. The van der Waals surface area contributed by atoms with Crippen LogP contribution in [0.3, 0.4) is 0 Å². The van der Waals surface area contributed by atoms with E-state index in [1.807, 2.05) is 18.2 Å². The highest BCUT2D eigenvalue weighted by molar-refractivity contribution is 5.77. The zero-order valence-electron chi connectivity index (χ0n) is 12.5. The van der Waals surface area contributed by atoms with E-state index in [1.165, 1.54) is 4.90 Å². The monoisotopic (exact) mass is 291 g/mol. The zero-order valence-corrected chi connectivity index (χ0v) is 12.5. The van der Waals surface area contributed by atoms with Gasteiger partial charge in [0.15, 0.2) is 6.61 Å². The molecule has 0 bridgehead atoms. The number of hydrogen-bond acceptors (Lipinski definition) is 3. The largest absolute Gasteiger partial charge is 0.484 e. The van der Waals surface area contributed by atoms with Gasteiger partial charge in [0.2, 0.25) is 0 Å². The lowest BCUT2D eigenvalue weighted by atomic mass is 10.2. The number of carbonyl (C=O) groups excluding carboxylic acids is 2. The lowest BCUT2D eigenvalue weighted by Gasteiger charge is -2.30. The number of rotatable bonds is 5. The van der Waals surface area contributed by atoms with Crippen molar-refractivity contribution < 1.29 is 14.3 Å². The van der Waals surface area contributed by atoms with Gasteiger partial charge in [0, 0.05) is 33.7 Å². The van der Waals surface area contributed by atoms with E-state index >= 15 is 0 Å². The Labute approximate surface area is 124 Å². The summed E-state index contributed by atoms with van der Waals surface area (Å²) in [5.41, 5.74) is 0.943. The molecule has 1 fully saturated rings. The minimum atomic E-state index is -0.0912. The van der Waals surface area contributed by atoms with Crippen LogP contribution in [0.25, 0.3) is 0 Å². The number of hydrogen-bond donors (Lipinski definition) is 1. The molecule has 3 amide bonds. The summed E-state index contributed by atoms with van der Waals surface area (Å²) in [6, 6.07) is 7.36. The van der Waals surface area contributed by atoms with Crippen molar-refractivity contribution in [3.63, 3.8) is 0 Å². The Kier molecular flexibility index (Phi) is 5.03. The van der Waals surface area contributed by atoms with Gasteiger partial charge >= 0.3 is 6.03 Å². The molecule has 0 aliphatic carbocycles. The first-order chi connectivity index (χ1) is 10.1. The lowest BCUT2D eigenvalue weighted by molar-refractivity contribution is -0.130. The minimum absolute atomic E-state index is 0.0105. The van der Waals surface area contributed by atoms with Gasteiger partial charge < -0.3 is 19.9 Å². The Morgan fingerprint density at radius 2 is 2.10 bits per heavy atom. The number of ether oxygens (including phenoxy) is 1. The van der Waals surface area contributed by atoms with Gasteiger partial charge in [-0.3, -0.25) is 4.79 Å². The molecule has 114 valence electrons. The van der Waals surface area contributed by atoms with Crippen LogP contribution in [-0.2, 0) is 11.3 Å². The summed E-state index contributed by atoms with van der Waals surface area (Å²) in [6.45, 7) is 2.13. The second-order valence-electron chi connectivity index (χ2n) is 5.22. The second-order valence-corrected chi connectivity index (χ2v) is 5.22. The molecule has 1 heterocycles. The van der Waals surface area contributed by atoms with E-state index in [2.05, 4.69) is 5.32 Å². The van der Waals surface area contributed by atoms with Crippen molar-refractivity contribution in [3.05, 3.63) is 29.8 Å². The fraction of sp³-hybridized carbons (Fsp3) is 0.467. The smallest absolute Gasteiger partial charge is 0.317 e. The Morgan fingerprint density at radius 1 is 1.33 bits per heavy atom. The van der Waals surface area contributed by atoms with E-state index in [9.17, 15) is 9.59 Å². The van der Waals surface area contributed by atoms with Crippen LogP contribution in [0.4, 0.5) is 4.79 Å². The number of nitrogens with zero attached hydrogens (tertiary/aromatic N) is 2. The normalized spacial score (nSPS) is 13.3. The third-order valence-corrected chi connectivity index (χ3v) is 3.35. The molecule has 1 N–H and O–H groups in total. The molecule has 1 aliphatic heterocycles. The molecule has 2 rings (SSSR count). The van der Waals surface area contributed by atoms with E-state index in [0.29, 0.717) is 12.3 Å². The third kappa shape index (κ3) is 4.37. The van der Waals surface area contributed by atoms with E-state index in [1.54, 1.807) is 25.1 Å². The summed E-state index contributed by atoms with van der Waals surface area (Å²) in [6.07, 6.45) is 1.08. The number of urea groups is 1. The van der Waals surface area contributed by atoms with Crippen LogP contribution in [0.2, 0.25) is 0 Å². The number of likely N-dealkylation sites (tertiary alicyclic amines) is 1. The topological polar surface area (TPSA) is 61.9 Å². The van der Waals surface area contributed by atoms with Gasteiger partial charge in [0.05, 0.1) is 0 Å². The van der Waals surface area contributed by atoms with Gasteiger partial charge in [-0.05, 0) is 24.1 Å². The first kappa shape index (κ1) is 15.2. The maximum Gasteiger partial charge on any atom is 0.317 e. The van der Waals surface area contributed by atoms with E-state index in [-0.39, 0.29) is 18.5 Å². The van der Waals surface area contributed by atoms with Gasteiger partial charge in [-0.15, -0.1) is 0 Å². The van der Waals surface area contributed by atoms with Gasteiger partial charge in [0.1, 0.15) is 5.75 Å². The summed E-state index contributed by atoms with van der Waals surface area (Å²) in [4.78, 5) is 26.4. The van der Waals surface area contributed by atoms with Crippen LogP contribution in [0, 0.1) is 0 Å². The highest BCUT2D eigenvalue weighted by Crippen LogP contribution is 2.14. The van der Waals surface area contributed by atoms with Gasteiger partial charge in [0.25, 0.3) is 5.91 Å². The molecule has 0 aromatic heterocycles. The molecule has 0 spiro atoms. The first-order valence-corrected chi connectivity index (χ1v) is 7.01. The molecule has 1 aliphatic rings. The van der Waals surface area contributed by atoms with Crippen molar-refractivity contribution in [1.29, 1.82) is 0 Å². The summed E-state index contributed by atoms with van der Waals surface area (Å²) in [7, 11) is 3.38. The predicted octanol–water partition coefficient (Wildman–Crippen LogP) is 1.07. The maximum atomic E-state index is 11.7. The Bertz CT molecular complexity index is 513. The van der Waals surface area contributed by atoms with Crippen LogP contribution in [0.1, 0.15) is 12.0 Å². The van der Waals surface area contributed by atoms with Crippen LogP contribution in [-0.4, -0.2) is 55.5 Å². The SMILES string of the molecule is CN(C)C(=O)COc1cccc(CNC(=O)N2CCC2)c1. The fourth-order valence-electron chi connectivity index (χ4n) is 1.83. The van der Waals surface area contributed by atoms with Crippen LogP contribution >= 0.6 is 0 Å². The average molecular weight is 291 g/mol. The molecule has 1 aromatic carbocycles. The molecule has 0 radical (unpaired) electrons. The summed E-state index contributed by atoms with van der Waals surface area (Å²) >= 11 is 0. The van der Waals surface area contributed by atoms with Gasteiger partial charge in [-0.25, -0.2) is 4.79 Å². The molecular weight excluding hydrogens is 270 g/mol. The lowest BCUT2D eigenvalue weighted by Crippen LogP contribution is -2.47. The van der Waals surface area contributed by atoms with Crippen molar-refractivity contribution in [2.45, 2.75) is 13.0 Å². The third-order valence-electron chi connectivity index (χ3n) is 3.35. The fourth-order valence-corrected chi connectivity index (χ4v) is 1.83. The van der Waals surface area contributed by atoms with E-state index < -0.39 is 0 Å². The second kappa shape index (κ2) is 6.97. The van der Waals surface area contributed by atoms with Crippen molar-refractivity contribution >= 4 is 11.9 Å². The highest BCUT2D eigenvalue weighted by Gasteiger charge is 2.19. The van der Waals surface area contributed by atoms with Gasteiger partial charge in [-0.1, -0.05) is 12.1 Å². The quantitative estimate of drug-likeness (QED) is 0.882. The number of likely N-dealkylation sites (N-methyl/N-ethyl adjacent to an activating group) is 1. The van der Waals surface area contributed by atoms with Crippen LogP contribution < -0.4 is 10.1 Å². The van der Waals surface area contributed by atoms with E-state index in [4.69, 9.17) is 4.74 Å². The van der Waals surface area contributed by atoms with Crippen molar-refractivity contribution in [1.82, 2.24) is 15.1 Å². The predicted molar refractivity (Wildman–Crippen MR) is 79.1 cm³/mol. The molecule has 0 atom stereocenters. The molecule has 6 nitrogen and oxygen atoms in total. The molecule has 21 heavy (non-hydrogen) atoms. The number of carbonyl (C=O) groups is 2. The Hall–Kier alpha value is -2.24. The molecule has 1 aromatic rings. The van der Waals surface area contributed by atoms with Crippen molar-refractivity contribution in [2.24, 2.45) is 0 Å². The molecule has 0 unspecified atom stereocenters. The first-order valence-electron chi connectivity index (χ1n) is 7.01. The standard InChI is InChI=1S/C15H21N3O3/c1-17(2)14(19)11-21-13-6-3-5-12(9-13)10-16-15(20)18-7-4-8-18/h3,5-6,9H,4,7-8,10-11H2,1-2H3,(H,16,20). The molecule has 1 saturated heterocycles. The van der Waals surface area contributed by atoms with Gasteiger partial charge in [-0.2, -0.15) is 0 Å². The number of amides is 3. The van der Waals surface area contributed by atoms with Crippen molar-refractivity contribution in [3.8, 4) is 5.75 Å². The molecular formula is C15H21N3O3. The van der Waals surface area contributed by atoms with Crippen molar-refractivity contribution in [2.75, 3.05) is 33.8 Å². The number of benzene rings is 1. The van der Waals surface area contributed by atoms with Crippen LogP contribution in [0.5, 0.6) is 5.75 Å². The Balaban J connectivity index is 1.82. The van der Waals surface area contributed by atoms with Crippen LogP contribution in [0.15, 0.2) is 24.3 Å². The number of nitrogens with one attached hydrogen (secondary N) is 1. The Morgan fingerprint density at radius 3 is 2.71 bits per heavy atom. The maximum absolute atomic E-state index is 11.7.